The van der Waals surface area contributed by atoms with E-state index in [1.165, 1.54) is 19.3 Å². The van der Waals surface area contributed by atoms with Crippen LogP contribution in [-0.4, -0.2) is 40.0 Å². The lowest BCUT2D eigenvalue weighted by Gasteiger charge is -2.27. The van der Waals surface area contributed by atoms with Crippen LogP contribution < -0.4 is 10.6 Å². The Labute approximate surface area is 155 Å². The van der Waals surface area contributed by atoms with Gasteiger partial charge >= 0.3 is 6.03 Å². The number of hydrogen-bond acceptors (Lipinski definition) is 4. The minimum absolute atomic E-state index is 0.0269. The number of anilines is 1. The zero-order valence-electron chi connectivity index (χ0n) is 15.3. The van der Waals surface area contributed by atoms with Crippen LogP contribution in [0.15, 0.2) is 42.9 Å². The zero-order chi connectivity index (χ0) is 18.2. The van der Waals surface area contributed by atoms with Crippen LogP contribution in [-0.2, 0) is 13.0 Å². The summed E-state index contributed by atoms with van der Waals surface area (Å²) in [6, 6.07) is 7.82. The average Bonchev–Trinajstić information content (AvgIpc) is 2.65. The van der Waals surface area contributed by atoms with Gasteiger partial charge in [-0.1, -0.05) is 24.6 Å². The fourth-order valence-electron chi connectivity index (χ4n) is 3.32. The number of carbonyl (C=O) groups is 1. The SMILES string of the molecule is CC(Cc1cnccn1)NC(=O)Nc1ccccc1CN1CCCCC1. The number of rotatable bonds is 6. The topological polar surface area (TPSA) is 70.1 Å². The molecule has 0 spiro atoms. The zero-order valence-corrected chi connectivity index (χ0v) is 15.3. The molecule has 6 nitrogen and oxygen atoms in total. The van der Waals surface area contributed by atoms with Crippen molar-refractivity contribution in [2.45, 2.75) is 45.2 Å². The van der Waals surface area contributed by atoms with E-state index in [4.69, 9.17) is 0 Å². The number of carbonyl (C=O) groups excluding carboxylic acids is 1. The number of nitrogens with one attached hydrogen (secondary N) is 2. The first-order valence-electron chi connectivity index (χ1n) is 9.33. The molecule has 2 heterocycles. The van der Waals surface area contributed by atoms with Crippen LogP contribution in [0.25, 0.3) is 0 Å². The van der Waals surface area contributed by atoms with E-state index >= 15 is 0 Å². The summed E-state index contributed by atoms with van der Waals surface area (Å²) in [4.78, 5) is 23.1. The van der Waals surface area contributed by atoms with Gasteiger partial charge < -0.3 is 10.6 Å². The predicted octanol–water partition coefficient (Wildman–Crippen LogP) is 3.22. The summed E-state index contributed by atoms with van der Waals surface area (Å²) < 4.78 is 0. The molecule has 0 radical (unpaired) electrons. The van der Waals surface area contributed by atoms with Crippen molar-refractivity contribution >= 4 is 11.7 Å². The third-order valence-corrected chi connectivity index (χ3v) is 4.62. The number of nitrogens with zero attached hydrogens (tertiary/aromatic N) is 3. The van der Waals surface area contributed by atoms with Crippen molar-refractivity contribution in [2.24, 2.45) is 0 Å². The lowest BCUT2D eigenvalue weighted by atomic mass is 10.1. The van der Waals surface area contributed by atoms with E-state index in [1.807, 2.05) is 25.1 Å². The molecule has 1 aromatic heterocycles. The van der Waals surface area contributed by atoms with Crippen LogP contribution in [0.4, 0.5) is 10.5 Å². The van der Waals surface area contributed by atoms with Gasteiger partial charge in [-0.15, -0.1) is 0 Å². The van der Waals surface area contributed by atoms with Crippen LogP contribution in [0, 0.1) is 0 Å². The Hall–Kier alpha value is -2.47. The first-order valence-corrected chi connectivity index (χ1v) is 9.33. The van der Waals surface area contributed by atoms with E-state index in [-0.39, 0.29) is 12.1 Å². The molecular formula is C20H27N5O. The Morgan fingerprint density at radius 1 is 1.19 bits per heavy atom. The number of para-hydroxylation sites is 1. The second-order valence-corrected chi connectivity index (χ2v) is 6.89. The molecule has 0 saturated carbocycles. The van der Waals surface area contributed by atoms with Gasteiger partial charge in [0.2, 0.25) is 0 Å². The monoisotopic (exact) mass is 353 g/mol. The first kappa shape index (κ1) is 18.3. The summed E-state index contributed by atoms with van der Waals surface area (Å²) >= 11 is 0. The molecule has 2 N–H and O–H groups in total. The molecule has 26 heavy (non-hydrogen) atoms. The van der Waals surface area contributed by atoms with Crippen LogP contribution in [0.1, 0.15) is 37.4 Å². The molecule has 6 heteroatoms. The molecule has 1 atom stereocenters. The Morgan fingerprint density at radius 2 is 2.00 bits per heavy atom. The number of urea groups is 1. The lowest BCUT2D eigenvalue weighted by Crippen LogP contribution is -2.38. The van der Waals surface area contributed by atoms with Crippen molar-refractivity contribution in [3.05, 3.63) is 54.1 Å². The molecule has 138 valence electrons. The average molecular weight is 353 g/mol. The van der Waals surface area contributed by atoms with Gasteiger partial charge in [0.05, 0.1) is 5.69 Å². The fourth-order valence-corrected chi connectivity index (χ4v) is 3.32. The predicted molar refractivity (Wildman–Crippen MR) is 103 cm³/mol. The summed E-state index contributed by atoms with van der Waals surface area (Å²) in [6.45, 7) is 5.12. The highest BCUT2D eigenvalue weighted by atomic mass is 16.2. The molecule has 1 aromatic carbocycles. The number of piperidine rings is 1. The van der Waals surface area contributed by atoms with Gasteiger partial charge in [0, 0.05) is 43.3 Å². The second-order valence-electron chi connectivity index (χ2n) is 6.89. The van der Waals surface area contributed by atoms with E-state index in [1.54, 1.807) is 18.6 Å². The summed E-state index contributed by atoms with van der Waals surface area (Å²) in [6.07, 6.45) is 9.53. The van der Waals surface area contributed by atoms with Gasteiger partial charge in [0.15, 0.2) is 0 Å². The van der Waals surface area contributed by atoms with Crippen molar-refractivity contribution in [2.75, 3.05) is 18.4 Å². The number of amides is 2. The maximum absolute atomic E-state index is 12.4. The van der Waals surface area contributed by atoms with Crippen LogP contribution in [0.2, 0.25) is 0 Å². The largest absolute Gasteiger partial charge is 0.335 e. The Balaban J connectivity index is 1.55. The van der Waals surface area contributed by atoms with E-state index in [9.17, 15) is 4.79 Å². The van der Waals surface area contributed by atoms with Crippen molar-refractivity contribution in [1.82, 2.24) is 20.2 Å². The quantitative estimate of drug-likeness (QED) is 0.837. The molecular weight excluding hydrogens is 326 g/mol. The molecule has 3 rings (SSSR count). The Morgan fingerprint density at radius 3 is 2.77 bits per heavy atom. The van der Waals surface area contributed by atoms with Crippen molar-refractivity contribution in [3.63, 3.8) is 0 Å². The molecule has 2 aromatic rings. The van der Waals surface area contributed by atoms with Crippen molar-refractivity contribution in [1.29, 1.82) is 0 Å². The Kier molecular flexibility index (Phi) is 6.55. The summed E-state index contributed by atoms with van der Waals surface area (Å²) in [5.74, 6) is 0. The second kappa shape index (κ2) is 9.29. The third-order valence-electron chi connectivity index (χ3n) is 4.62. The van der Waals surface area contributed by atoms with Gasteiger partial charge in [-0.25, -0.2) is 4.79 Å². The van der Waals surface area contributed by atoms with Crippen LogP contribution in [0.3, 0.4) is 0 Å². The fraction of sp³-hybridized carbons (Fsp3) is 0.450. The summed E-state index contributed by atoms with van der Waals surface area (Å²) in [7, 11) is 0. The molecule has 1 aliphatic rings. The van der Waals surface area contributed by atoms with E-state index in [2.05, 4.69) is 31.6 Å². The van der Waals surface area contributed by atoms with Crippen molar-refractivity contribution < 1.29 is 4.79 Å². The maximum Gasteiger partial charge on any atom is 0.319 e. The van der Waals surface area contributed by atoms with Gasteiger partial charge in [0.25, 0.3) is 0 Å². The number of hydrogen-bond donors (Lipinski definition) is 2. The van der Waals surface area contributed by atoms with E-state index in [0.29, 0.717) is 6.42 Å². The molecule has 0 bridgehead atoms. The van der Waals surface area contributed by atoms with Gasteiger partial charge in [-0.05, 0) is 44.5 Å². The molecule has 0 aliphatic carbocycles. The summed E-state index contributed by atoms with van der Waals surface area (Å²) in [5.41, 5.74) is 2.90. The minimum atomic E-state index is -0.188. The molecule has 2 amide bonds. The minimum Gasteiger partial charge on any atom is -0.335 e. The van der Waals surface area contributed by atoms with Gasteiger partial charge in [0.1, 0.15) is 0 Å². The molecule has 1 saturated heterocycles. The lowest BCUT2D eigenvalue weighted by molar-refractivity contribution is 0.221. The van der Waals surface area contributed by atoms with Crippen LogP contribution >= 0.6 is 0 Å². The van der Waals surface area contributed by atoms with Crippen LogP contribution in [0.5, 0.6) is 0 Å². The number of aromatic nitrogens is 2. The highest BCUT2D eigenvalue weighted by molar-refractivity contribution is 5.90. The normalized spacial score (nSPS) is 16.0. The number of benzene rings is 1. The van der Waals surface area contributed by atoms with E-state index in [0.717, 1.165) is 36.6 Å². The summed E-state index contributed by atoms with van der Waals surface area (Å²) in [5, 5.41) is 5.98. The standard InChI is InChI=1S/C20H27N5O/c1-16(13-18-14-21-9-10-22-18)23-20(26)24-19-8-4-3-7-17(19)15-25-11-5-2-6-12-25/h3-4,7-10,14,16H,2,5-6,11-13,15H2,1H3,(H2,23,24,26). The highest BCUT2D eigenvalue weighted by Gasteiger charge is 2.14. The van der Waals surface area contributed by atoms with Gasteiger partial charge in [-0.2, -0.15) is 0 Å². The highest BCUT2D eigenvalue weighted by Crippen LogP contribution is 2.19. The molecule has 1 fully saturated rings. The van der Waals surface area contributed by atoms with Crippen molar-refractivity contribution in [3.8, 4) is 0 Å². The molecule has 1 aliphatic heterocycles. The first-order chi connectivity index (χ1) is 12.7. The maximum atomic E-state index is 12.4. The van der Waals surface area contributed by atoms with E-state index < -0.39 is 0 Å². The third kappa shape index (κ3) is 5.52. The smallest absolute Gasteiger partial charge is 0.319 e. The van der Waals surface area contributed by atoms with Gasteiger partial charge in [-0.3, -0.25) is 14.9 Å². The molecule has 1 unspecified atom stereocenters. The number of likely N-dealkylation sites (tertiary alicyclic amines) is 1. The Bertz CT molecular complexity index is 700.